The van der Waals surface area contributed by atoms with Crippen molar-refractivity contribution in [3.63, 3.8) is 0 Å². The van der Waals surface area contributed by atoms with E-state index in [2.05, 4.69) is 26.3 Å². The highest BCUT2D eigenvalue weighted by molar-refractivity contribution is 9.10. The third-order valence-corrected chi connectivity index (χ3v) is 4.20. The van der Waals surface area contributed by atoms with Crippen LogP contribution in [0.25, 0.3) is 10.8 Å². The SMILES string of the molecule is O=C(Cn1nc(C(=O)O)c2ccccc2c1=O)Nc1ccccc1Br. The molecule has 0 unspecified atom stereocenters. The van der Waals surface area contributed by atoms with E-state index in [-0.39, 0.29) is 16.5 Å². The summed E-state index contributed by atoms with van der Waals surface area (Å²) in [5.74, 6) is -1.76. The van der Waals surface area contributed by atoms with E-state index < -0.39 is 24.0 Å². The largest absolute Gasteiger partial charge is 0.476 e. The number of nitrogens with one attached hydrogen (secondary N) is 1. The van der Waals surface area contributed by atoms with E-state index in [1.807, 2.05) is 0 Å². The number of anilines is 1. The number of para-hydroxylation sites is 1. The van der Waals surface area contributed by atoms with Crippen LogP contribution < -0.4 is 10.9 Å². The van der Waals surface area contributed by atoms with Crippen molar-refractivity contribution in [1.82, 2.24) is 9.78 Å². The summed E-state index contributed by atoms with van der Waals surface area (Å²) in [5, 5.41) is 16.2. The lowest BCUT2D eigenvalue weighted by atomic mass is 10.1. The molecular formula is C17H12BrN3O4. The summed E-state index contributed by atoms with van der Waals surface area (Å²) in [4.78, 5) is 36.1. The second kappa shape index (κ2) is 6.86. The summed E-state index contributed by atoms with van der Waals surface area (Å²) in [5.41, 5.74) is -0.258. The number of benzene rings is 2. The monoisotopic (exact) mass is 401 g/mol. The molecule has 1 heterocycles. The fourth-order valence-corrected chi connectivity index (χ4v) is 2.77. The van der Waals surface area contributed by atoms with E-state index in [1.165, 1.54) is 12.1 Å². The molecule has 0 aliphatic heterocycles. The van der Waals surface area contributed by atoms with Crippen LogP contribution in [0.5, 0.6) is 0 Å². The number of fused-ring (bicyclic) bond motifs is 1. The van der Waals surface area contributed by atoms with Crippen molar-refractivity contribution in [1.29, 1.82) is 0 Å². The molecule has 1 aromatic heterocycles. The van der Waals surface area contributed by atoms with Crippen molar-refractivity contribution in [3.05, 3.63) is 69.1 Å². The van der Waals surface area contributed by atoms with Gasteiger partial charge in [0, 0.05) is 9.86 Å². The summed E-state index contributed by atoms with van der Waals surface area (Å²) in [6, 6.07) is 13.3. The maximum Gasteiger partial charge on any atom is 0.357 e. The number of aromatic carboxylic acids is 1. The zero-order valence-electron chi connectivity index (χ0n) is 12.8. The van der Waals surface area contributed by atoms with Crippen LogP contribution in [-0.2, 0) is 11.3 Å². The minimum absolute atomic E-state index is 0.198. The highest BCUT2D eigenvalue weighted by Crippen LogP contribution is 2.21. The average Bonchev–Trinajstić information content (AvgIpc) is 2.59. The Labute approximate surface area is 150 Å². The first kappa shape index (κ1) is 16.8. The van der Waals surface area contributed by atoms with Gasteiger partial charge >= 0.3 is 5.97 Å². The molecule has 126 valence electrons. The molecule has 0 saturated carbocycles. The molecule has 2 aromatic carbocycles. The minimum atomic E-state index is -1.27. The smallest absolute Gasteiger partial charge is 0.357 e. The van der Waals surface area contributed by atoms with Gasteiger partial charge in [-0.15, -0.1) is 0 Å². The summed E-state index contributed by atoms with van der Waals surface area (Å²) < 4.78 is 1.55. The second-order valence-electron chi connectivity index (χ2n) is 5.19. The number of amides is 1. The Bertz CT molecular complexity index is 1050. The van der Waals surface area contributed by atoms with Crippen LogP contribution in [0, 0.1) is 0 Å². The highest BCUT2D eigenvalue weighted by Gasteiger charge is 2.17. The number of carboxylic acid groups (broad SMARTS) is 1. The van der Waals surface area contributed by atoms with Crippen molar-refractivity contribution in [2.24, 2.45) is 0 Å². The van der Waals surface area contributed by atoms with Crippen molar-refractivity contribution in [3.8, 4) is 0 Å². The zero-order valence-corrected chi connectivity index (χ0v) is 14.4. The Balaban J connectivity index is 1.97. The predicted octanol–water partition coefficient (Wildman–Crippen LogP) is 2.50. The van der Waals surface area contributed by atoms with E-state index >= 15 is 0 Å². The Morgan fingerprint density at radius 1 is 1.08 bits per heavy atom. The second-order valence-corrected chi connectivity index (χ2v) is 6.04. The number of carbonyl (C=O) groups is 2. The topological polar surface area (TPSA) is 101 Å². The number of carbonyl (C=O) groups excluding carboxylic acids is 1. The van der Waals surface area contributed by atoms with Gasteiger partial charge in [-0.1, -0.05) is 30.3 Å². The van der Waals surface area contributed by atoms with E-state index in [0.29, 0.717) is 10.2 Å². The van der Waals surface area contributed by atoms with E-state index in [0.717, 1.165) is 4.68 Å². The first-order chi connectivity index (χ1) is 12.0. The van der Waals surface area contributed by atoms with Crippen molar-refractivity contribution >= 4 is 44.3 Å². The molecule has 0 atom stereocenters. The molecule has 0 radical (unpaired) electrons. The van der Waals surface area contributed by atoms with Crippen LogP contribution >= 0.6 is 15.9 Å². The Morgan fingerprint density at radius 2 is 1.72 bits per heavy atom. The van der Waals surface area contributed by atoms with Crippen LogP contribution in [0.15, 0.2) is 57.8 Å². The summed E-state index contributed by atoms with van der Waals surface area (Å²) in [6.07, 6.45) is 0. The number of carboxylic acids is 1. The number of hydrogen-bond donors (Lipinski definition) is 2. The fourth-order valence-electron chi connectivity index (χ4n) is 2.39. The molecule has 2 N–H and O–H groups in total. The molecule has 3 aromatic rings. The van der Waals surface area contributed by atoms with Gasteiger partial charge in [0.2, 0.25) is 5.91 Å². The van der Waals surface area contributed by atoms with Crippen molar-refractivity contribution in [2.45, 2.75) is 6.54 Å². The first-order valence-corrected chi connectivity index (χ1v) is 8.04. The molecule has 0 aliphatic rings. The molecule has 0 aliphatic carbocycles. The normalized spacial score (nSPS) is 10.6. The minimum Gasteiger partial charge on any atom is -0.476 e. The summed E-state index contributed by atoms with van der Waals surface area (Å²) >= 11 is 3.31. The van der Waals surface area contributed by atoms with Crippen LogP contribution in [-0.4, -0.2) is 26.8 Å². The maximum absolute atomic E-state index is 12.5. The Hall–Kier alpha value is -3.00. The third kappa shape index (κ3) is 3.43. The number of nitrogens with zero attached hydrogens (tertiary/aromatic N) is 2. The lowest BCUT2D eigenvalue weighted by molar-refractivity contribution is -0.117. The molecular weight excluding hydrogens is 390 g/mol. The van der Waals surface area contributed by atoms with Gasteiger partial charge in [0.05, 0.1) is 11.1 Å². The van der Waals surface area contributed by atoms with E-state index in [1.54, 1.807) is 36.4 Å². The Morgan fingerprint density at radius 3 is 2.40 bits per heavy atom. The van der Waals surface area contributed by atoms with Gasteiger partial charge in [0.25, 0.3) is 5.56 Å². The summed E-state index contributed by atoms with van der Waals surface area (Å²) in [6.45, 7) is -0.398. The summed E-state index contributed by atoms with van der Waals surface area (Å²) in [7, 11) is 0. The Kier molecular flexibility index (Phi) is 4.62. The van der Waals surface area contributed by atoms with Crippen LogP contribution in [0.4, 0.5) is 5.69 Å². The molecule has 8 heteroatoms. The van der Waals surface area contributed by atoms with Gasteiger partial charge in [0.15, 0.2) is 5.69 Å². The number of halogens is 1. The number of aromatic nitrogens is 2. The number of rotatable bonds is 4. The van der Waals surface area contributed by atoms with Crippen LogP contribution in [0.1, 0.15) is 10.5 Å². The van der Waals surface area contributed by atoms with E-state index in [9.17, 15) is 19.5 Å². The van der Waals surface area contributed by atoms with Gasteiger partial charge in [0.1, 0.15) is 6.54 Å². The molecule has 25 heavy (non-hydrogen) atoms. The van der Waals surface area contributed by atoms with Gasteiger partial charge in [-0.05, 0) is 34.1 Å². The lowest BCUT2D eigenvalue weighted by Crippen LogP contribution is -2.31. The van der Waals surface area contributed by atoms with Crippen LogP contribution in [0.3, 0.4) is 0 Å². The average molecular weight is 402 g/mol. The van der Waals surface area contributed by atoms with Gasteiger partial charge in [-0.2, -0.15) is 5.10 Å². The van der Waals surface area contributed by atoms with Crippen LogP contribution in [0.2, 0.25) is 0 Å². The molecule has 0 saturated heterocycles. The first-order valence-electron chi connectivity index (χ1n) is 7.25. The molecule has 7 nitrogen and oxygen atoms in total. The standard InChI is InChI=1S/C17H12BrN3O4/c18-12-7-3-4-8-13(12)19-14(22)9-21-16(23)11-6-2-1-5-10(11)15(20-21)17(24)25/h1-8H,9H2,(H,19,22)(H,24,25). The molecule has 0 bridgehead atoms. The molecule has 0 fully saturated rings. The third-order valence-electron chi connectivity index (χ3n) is 3.51. The highest BCUT2D eigenvalue weighted by atomic mass is 79.9. The lowest BCUT2D eigenvalue weighted by Gasteiger charge is -2.10. The fraction of sp³-hybridized carbons (Fsp3) is 0.0588. The van der Waals surface area contributed by atoms with Gasteiger partial charge < -0.3 is 10.4 Å². The molecule has 3 rings (SSSR count). The predicted molar refractivity (Wildman–Crippen MR) is 95.7 cm³/mol. The quantitative estimate of drug-likeness (QED) is 0.699. The van der Waals surface area contributed by atoms with Crippen molar-refractivity contribution < 1.29 is 14.7 Å². The zero-order chi connectivity index (χ0) is 18.0. The number of hydrogen-bond acceptors (Lipinski definition) is 4. The molecule has 1 amide bonds. The van der Waals surface area contributed by atoms with Gasteiger partial charge in [-0.25, -0.2) is 9.48 Å². The van der Waals surface area contributed by atoms with E-state index in [4.69, 9.17) is 0 Å². The van der Waals surface area contributed by atoms with Crippen molar-refractivity contribution in [2.75, 3.05) is 5.32 Å². The molecule has 0 spiro atoms. The maximum atomic E-state index is 12.5. The van der Waals surface area contributed by atoms with Gasteiger partial charge in [-0.3, -0.25) is 9.59 Å².